The Morgan fingerprint density at radius 2 is 2.27 bits per heavy atom. The van der Waals surface area contributed by atoms with E-state index in [2.05, 4.69) is 4.84 Å². The van der Waals surface area contributed by atoms with Crippen LogP contribution in [0, 0.1) is 0 Å². The molecule has 0 spiro atoms. The van der Waals surface area contributed by atoms with Gasteiger partial charge in [-0.15, -0.1) is 11.6 Å². The summed E-state index contributed by atoms with van der Waals surface area (Å²) in [4.78, 5) is 4.45. The normalized spacial score (nSPS) is 24.7. The van der Waals surface area contributed by atoms with Crippen molar-refractivity contribution in [2.45, 2.75) is 12.3 Å². The lowest BCUT2D eigenvalue weighted by atomic mass is 10.3. The van der Waals surface area contributed by atoms with E-state index in [1.165, 1.54) is 0 Å². The van der Waals surface area contributed by atoms with Gasteiger partial charge >= 0.3 is 6.18 Å². The van der Waals surface area contributed by atoms with Crippen LogP contribution in [-0.4, -0.2) is 18.2 Å². The molecule has 1 aliphatic rings. The summed E-state index contributed by atoms with van der Waals surface area (Å²) in [6.45, 7) is 0. The molecule has 6 heteroatoms. The van der Waals surface area contributed by atoms with Crippen LogP contribution in [0.1, 0.15) is 0 Å². The molecule has 0 aliphatic carbocycles. The fourth-order valence-electron chi connectivity index (χ4n) is 0.622. The molecule has 0 aromatic rings. The lowest BCUT2D eigenvalue weighted by Crippen LogP contribution is -2.22. The lowest BCUT2D eigenvalue weighted by Gasteiger charge is -2.06. The van der Waals surface area contributed by atoms with E-state index in [1.807, 2.05) is 0 Å². The second kappa shape index (κ2) is 2.91. The Kier molecular flexibility index (Phi) is 2.29. The molecule has 1 unspecified atom stereocenters. The summed E-state index contributed by atoms with van der Waals surface area (Å²) >= 11 is 5.25. The smallest absolute Gasteiger partial charge is 0.267 e. The molecule has 11 heavy (non-hydrogen) atoms. The van der Waals surface area contributed by atoms with Crippen molar-refractivity contribution in [1.29, 1.82) is 0 Å². The Hall–Kier alpha value is -0.420. The Morgan fingerprint density at radius 3 is 2.55 bits per heavy atom. The zero-order valence-electron chi connectivity index (χ0n) is 5.28. The van der Waals surface area contributed by atoms with Crippen LogP contribution in [0.15, 0.2) is 11.8 Å². The molecule has 0 amide bonds. The number of allylic oxidation sites excluding steroid dienone is 1. The van der Waals surface area contributed by atoms with Crippen molar-refractivity contribution in [2.24, 2.45) is 0 Å². The highest BCUT2D eigenvalue weighted by Crippen LogP contribution is 2.27. The molecule has 0 radical (unpaired) electrons. The molecule has 1 aliphatic heterocycles. The minimum absolute atomic E-state index is 0.00653. The van der Waals surface area contributed by atoms with Crippen molar-refractivity contribution in [3.05, 3.63) is 11.8 Å². The predicted molar refractivity (Wildman–Crippen MR) is 32.9 cm³/mol. The van der Waals surface area contributed by atoms with Gasteiger partial charge in [0.2, 0.25) is 0 Å². The van der Waals surface area contributed by atoms with Crippen molar-refractivity contribution in [1.82, 2.24) is 5.48 Å². The van der Waals surface area contributed by atoms with E-state index in [-0.39, 0.29) is 5.88 Å². The molecule has 2 nitrogen and oxygen atoms in total. The Morgan fingerprint density at radius 1 is 1.64 bits per heavy atom. The van der Waals surface area contributed by atoms with Crippen LogP contribution >= 0.6 is 11.6 Å². The van der Waals surface area contributed by atoms with Crippen LogP contribution in [0.25, 0.3) is 0 Å². The molecule has 0 aromatic heterocycles. The maximum Gasteiger partial charge on any atom is 0.432 e. The molecule has 0 saturated heterocycles. The van der Waals surface area contributed by atoms with E-state index in [0.29, 0.717) is 0 Å². The minimum Gasteiger partial charge on any atom is -0.267 e. The van der Waals surface area contributed by atoms with Crippen molar-refractivity contribution in [3.63, 3.8) is 0 Å². The van der Waals surface area contributed by atoms with Gasteiger partial charge in [-0.1, -0.05) is 0 Å². The molecular formula is C5H5ClF3NO. The summed E-state index contributed by atoms with van der Waals surface area (Å²) in [5, 5.41) is 0. The van der Waals surface area contributed by atoms with Gasteiger partial charge < -0.3 is 0 Å². The molecule has 64 valence electrons. The second-order valence-electron chi connectivity index (χ2n) is 1.99. The largest absolute Gasteiger partial charge is 0.432 e. The highest BCUT2D eigenvalue weighted by atomic mass is 35.5. The van der Waals surface area contributed by atoms with Gasteiger partial charge in [0.25, 0.3) is 0 Å². The average Bonchev–Trinajstić information content (AvgIpc) is 2.32. The van der Waals surface area contributed by atoms with Crippen LogP contribution in [0.3, 0.4) is 0 Å². The number of alkyl halides is 4. The van der Waals surface area contributed by atoms with E-state index in [4.69, 9.17) is 11.6 Å². The van der Waals surface area contributed by atoms with E-state index in [9.17, 15) is 13.2 Å². The van der Waals surface area contributed by atoms with Gasteiger partial charge in [-0.3, -0.25) is 10.3 Å². The van der Waals surface area contributed by atoms with E-state index in [1.54, 1.807) is 5.48 Å². The molecular weight excluding hydrogens is 183 g/mol. The predicted octanol–water partition coefficient (Wildman–Crippen LogP) is 1.57. The average molecular weight is 188 g/mol. The first-order valence-corrected chi connectivity index (χ1v) is 3.34. The topological polar surface area (TPSA) is 21.3 Å². The van der Waals surface area contributed by atoms with Gasteiger partial charge in [0.1, 0.15) is 11.8 Å². The monoisotopic (exact) mass is 187 g/mol. The molecule has 1 rings (SSSR count). The molecule has 1 N–H and O–H groups in total. The van der Waals surface area contributed by atoms with Crippen LogP contribution in [0.4, 0.5) is 13.2 Å². The zero-order valence-corrected chi connectivity index (χ0v) is 6.04. The summed E-state index contributed by atoms with van der Waals surface area (Å²) in [5.74, 6) is 0.00653. The fraction of sp³-hybridized carbons (Fsp3) is 0.600. The highest BCUT2D eigenvalue weighted by molar-refractivity contribution is 6.18. The first kappa shape index (κ1) is 8.67. The van der Waals surface area contributed by atoms with Crippen LogP contribution in [0.5, 0.6) is 0 Å². The summed E-state index contributed by atoms with van der Waals surface area (Å²) in [6.07, 6.45) is -4.15. The number of nitrogens with one attached hydrogen (secondary N) is 1. The molecule has 0 saturated carbocycles. The SMILES string of the molecule is FC(F)(F)C1=CC(CCl)ON1. The van der Waals surface area contributed by atoms with Gasteiger partial charge in [0.15, 0.2) is 0 Å². The number of hydrogen-bond donors (Lipinski definition) is 1. The summed E-state index contributed by atoms with van der Waals surface area (Å²) < 4.78 is 35.4. The maximum absolute atomic E-state index is 11.8. The zero-order chi connectivity index (χ0) is 8.48. The van der Waals surface area contributed by atoms with E-state index < -0.39 is 18.0 Å². The number of hydrogen-bond acceptors (Lipinski definition) is 2. The van der Waals surface area contributed by atoms with Crippen molar-refractivity contribution >= 4 is 11.6 Å². The quantitative estimate of drug-likeness (QED) is 0.630. The first-order valence-electron chi connectivity index (χ1n) is 2.80. The van der Waals surface area contributed by atoms with E-state index >= 15 is 0 Å². The van der Waals surface area contributed by atoms with E-state index in [0.717, 1.165) is 6.08 Å². The molecule has 1 heterocycles. The van der Waals surface area contributed by atoms with Crippen LogP contribution in [0.2, 0.25) is 0 Å². The molecule has 0 aromatic carbocycles. The third-order valence-electron chi connectivity index (χ3n) is 1.13. The lowest BCUT2D eigenvalue weighted by molar-refractivity contribution is -0.109. The highest BCUT2D eigenvalue weighted by Gasteiger charge is 2.37. The third-order valence-corrected chi connectivity index (χ3v) is 1.43. The molecule has 0 bridgehead atoms. The van der Waals surface area contributed by atoms with Gasteiger partial charge in [-0.05, 0) is 6.08 Å². The molecule has 1 atom stereocenters. The summed E-state index contributed by atoms with van der Waals surface area (Å²) in [6, 6.07) is 0. The minimum atomic E-state index is -4.37. The summed E-state index contributed by atoms with van der Waals surface area (Å²) in [7, 11) is 0. The third kappa shape index (κ3) is 2.00. The first-order chi connectivity index (χ1) is 5.04. The number of halogens is 4. The van der Waals surface area contributed by atoms with Crippen molar-refractivity contribution < 1.29 is 18.0 Å². The maximum atomic E-state index is 11.8. The molecule has 0 fully saturated rings. The fourth-order valence-corrected chi connectivity index (χ4v) is 0.774. The Balaban J connectivity index is 2.62. The van der Waals surface area contributed by atoms with Gasteiger partial charge in [-0.25, -0.2) is 0 Å². The number of rotatable bonds is 1. The van der Waals surface area contributed by atoms with Gasteiger partial charge in [0, 0.05) is 0 Å². The van der Waals surface area contributed by atoms with Crippen LogP contribution in [-0.2, 0) is 4.84 Å². The van der Waals surface area contributed by atoms with Crippen molar-refractivity contribution in [2.75, 3.05) is 5.88 Å². The second-order valence-corrected chi connectivity index (χ2v) is 2.30. The Labute approximate surface area is 65.9 Å². The van der Waals surface area contributed by atoms with Crippen LogP contribution < -0.4 is 5.48 Å². The van der Waals surface area contributed by atoms with Crippen molar-refractivity contribution in [3.8, 4) is 0 Å². The van der Waals surface area contributed by atoms with Gasteiger partial charge in [0.05, 0.1) is 5.88 Å². The Bertz CT molecular complexity index is 179. The summed E-state index contributed by atoms with van der Waals surface area (Å²) in [5.41, 5.74) is 0.863. The standard InChI is InChI=1S/C5H5ClF3NO/c6-2-3-1-4(10-11-3)5(7,8)9/h1,3,10H,2H2. The number of hydroxylamine groups is 1. The van der Waals surface area contributed by atoms with Gasteiger partial charge in [-0.2, -0.15) is 13.2 Å².